The quantitative estimate of drug-likeness (QED) is 0.776. The summed E-state index contributed by atoms with van der Waals surface area (Å²) < 4.78 is 27.6. The van der Waals surface area contributed by atoms with Gasteiger partial charge in [-0.05, 0) is 62.2 Å². The predicted octanol–water partition coefficient (Wildman–Crippen LogP) is 4.29. The van der Waals surface area contributed by atoms with Crippen LogP contribution in [-0.2, 0) is 16.4 Å². The molecule has 0 aliphatic carbocycles. The topological polar surface area (TPSA) is 49.4 Å². The average molecular weight is 346 g/mol. The molecule has 0 fully saturated rings. The summed E-state index contributed by atoms with van der Waals surface area (Å²) in [6, 6.07) is 14.6. The molecule has 0 aromatic heterocycles. The molecule has 24 heavy (non-hydrogen) atoms. The molecular formula is C19H26N2O2S. The van der Waals surface area contributed by atoms with Crippen LogP contribution in [0.4, 0.5) is 11.4 Å². The summed E-state index contributed by atoms with van der Waals surface area (Å²) in [7, 11) is -3.55. The first-order valence-corrected chi connectivity index (χ1v) is 9.95. The Hall–Kier alpha value is -2.01. The van der Waals surface area contributed by atoms with E-state index in [1.54, 1.807) is 24.3 Å². The maximum atomic E-state index is 12.5. The van der Waals surface area contributed by atoms with Gasteiger partial charge in [-0.1, -0.05) is 25.5 Å². The van der Waals surface area contributed by atoms with E-state index in [1.165, 1.54) is 0 Å². The van der Waals surface area contributed by atoms with Crippen molar-refractivity contribution in [3.63, 3.8) is 0 Å². The molecule has 4 nitrogen and oxygen atoms in total. The third kappa shape index (κ3) is 4.51. The summed E-state index contributed by atoms with van der Waals surface area (Å²) in [5.74, 6) is 0. The zero-order chi connectivity index (χ0) is 17.6. The van der Waals surface area contributed by atoms with Crippen molar-refractivity contribution in [2.24, 2.45) is 0 Å². The van der Waals surface area contributed by atoms with Crippen LogP contribution in [0.2, 0.25) is 0 Å². The zero-order valence-corrected chi connectivity index (χ0v) is 15.4. The van der Waals surface area contributed by atoms with Gasteiger partial charge in [0.25, 0.3) is 10.0 Å². The third-order valence-corrected chi connectivity index (χ3v) is 5.42. The van der Waals surface area contributed by atoms with Crippen LogP contribution in [0.5, 0.6) is 0 Å². The van der Waals surface area contributed by atoms with E-state index in [9.17, 15) is 8.42 Å². The maximum absolute atomic E-state index is 12.5. The molecule has 130 valence electrons. The highest BCUT2D eigenvalue weighted by molar-refractivity contribution is 7.92. The fourth-order valence-electron chi connectivity index (χ4n) is 2.67. The van der Waals surface area contributed by atoms with E-state index in [-0.39, 0.29) is 4.90 Å². The normalized spacial score (nSPS) is 11.3. The minimum Gasteiger partial charge on any atom is -0.372 e. The summed E-state index contributed by atoms with van der Waals surface area (Å²) in [5, 5.41) is 0. The summed E-state index contributed by atoms with van der Waals surface area (Å²) >= 11 is 0. The second-order valence-electron chi connectivity index (χ2n) is 5.72. The highest BCUT2D eigenvalue weighted by Crippen LogP contribution is 2.21. The van der Waals surface area contributed by atoms with Gasteiger partial charge < -0.3 is 4.90 Å². The summed E-state index contributed by atoms with van der Waals surface area (Å²) in [6.07, 6.45) is 2.00. The summed E-state index contributed by atoms with van der Waals surface area (Å²) in [4.78, 5) is 2.50. The molecule has 2 aromatic rings. The number of sulfonamides is 1. The molecule has 0 atom stereocenters. The fourth-order valence-corrected chi connectivity index (χ4v) is 3.73. The molecular weight excluding hydrogens is 320 g/mol. The van der Waals surface area contributed by atoms with Crippen LogP contribution in [0.15, 0.2) is 53.4 Å². The van der Waals surface area contributed by atoms with Gasteiger partial charge in [-0.25, -0.2) is 8.42 Å². The smallest absolute Gasteiger partial charge is 0.261 e. The number of aryl methyl sites for hydroxylation is 1. The van der Waals surface area contributed by atoms with E-state index in [0.29, 0.717) is 5.69 Å². The minimum absolute atomic E-state index is 0.287. The van der Waals surface area contributed by atoms with Crippen LogP contribution >= 0.6 is 0 Å². The number of benzene rings is 2. The zero-order valence-electron chi connectivity index (χ0n) is 14.6. The van der Waals surface area contributed by atoms with E-state index in [4.69, 9.17) is 0 Å². The Balaban J connectivity index is 2.13. The average Bonchev–Trinajstić information content (AvgIpc) is 2.58. The van der Waals surface area contributed by atoms with Crippen LogP contribution < -0.4 is 9.62 Å². The summed E-state index contributed by atoms with van der Waals surface area (Å²) in [6.45, 7) is 8.15. The van der Waals surface area contributed by atoms with E-state index in [2.05, 4.69) is 30.4 Å². The molecule has 0 saturated carbocycles. The van der Waals surface area contributed by atoms with Crippen molar-refractivity contribution in [3.8, 4) is 0 Å². The highest BCUT2D eigenvalue weighted by atomic mass is 32.2. The first-order valence-electron chi connectivity index (χ1n) is 8.47. The highest BCUT2D eigenvalue weighted by Gasteiger charge is 2.14. The van der Waals surface area contributed by atoms with Crippen molar-refractivity contribution in [1.82, 2.24) is 0 Å². The second kappa shape index (κ2) is 8.20. The Labute approximate surface area is 145 Å². The SMILES string of the molecule is CCCc1ccc(S(=O)(=O)Nc2ccc(N(CC)CC)cc2)cc1. The molecule has 0 aliphatic rings. The second-order valence-corrected chi connectivity index (χ2v) is 7.40. The van der Waals surface area contributed by atoms with Gasteiger partial charge in [0.15, 0.2) is 0 Å². The van der Waals surface area contributed by atoms with Crippen molar-refractivity contribution in [2.75, 3.05) is 22.7 Å². The van der Waals surface area contributed by atoms with Crippen molar-refractivity contribution in [3.05, 3.63) is 54.1 Å². The van der Waals surface area contributed by atoms with Gasteiger partial charge in [0, 0.05) is 24.5 Å². The number of nitrogens with one attached hydrogen (secondary N) is 1. The lowest BCUT2D eigenvalue weighted by molar-refractivity contribution is 0.601. The number of hydrogen-bond acceptors (Lipinski definition) is 3. The molecule has 0 saturated heterocycles. The standard InChI is InChI=1S/C19H26N2O2S/c1-4-7-16-8-14-19(15-9-16)24(22,23)20-17-10-12-18(13-11-17)21(5-2)6-3/h8-15,20H,4-7H2,1-3H3. The first kappa shape index (κ1) is 18.3. The third-order valence-electron chi connectivity index (χ3n) is 4.02. The number of hydrogen-bond donors (Lipinski definition) is 1. The van der Waals surface area contributed by atoms with Gasteiger partial charge >= 0.3 is 0 Å². The molecule has 1 N–H and O–H groups in total. The molecule has 0 heterocycles. The molecule has 0 amide bonds. The molecule has 2 rings (SSSR count). The number of nitrogens with zero attached hydrogens (tertiary/aromatic N) is 1. The van der Waals surface area contributed by atoms with Crippen molar-refractivity contribution >= 4 is 21.4 Å². The lowest BCUT2D eigenvalue weighted by Gasteiger charge is -2.21. The molecule has 0 aliphatic heterocycles. The molecule has 0 bridgehead atoms. The van der Waals surface area contributed by atoms with Gasteiger partial charge in [-0.2, -0.15) is 0 Å². The van der Waals surface area contributed by atoms with Crippen LogP contribution in [-0.4, -0.2) is 21.5 Å². The Bertz CT molecular complexity index is 734. The molecule has 0 unspecified atom stereocenters. The van der Waals surface area contributed by atoms with E-state index < -0.39 is 10.0 Å². The van der Waals surface area contributed by atoms with Crippen LogP contribution in [0.25, 0.3) is 0 Å². The van der Waals surface area contributed by atoms with Gasteiger partial charge in [-0.15, -0.1) is 0 Å². The Kier molecular flexibility index (Phi) is 6.26. The monoisotopic (exact) mass is 346 g/mol. The van der Waals surface area contributed by atoms with Gasteiger partial charge in [-0.3, -0.25) is 4.72 Å². The molecule has 0 spiro atoms. The van der Waals surface area contributed by atoms with Crippen molar-refractivity contribution in [2.45, 2.75) is 38.5 Å². The van der Waals surface area contributed by atoms with Crippen LogP contribution in [0.1, 0.15) is 32.8 Å². The van der Waals surface area contributed by atoms with E-state index >= 15 is 0 Å². The van der Waals surface area contributed by atoms with Gasteiger partial charge in [0.2, 0.25) is 0 Å². The molecule has 0 radical (unpaired) electrons. The number of anilines is 2. The Morgan fingerprint density at radius 1 is 0.875 bits per heavy atom. The summed E-state index contributed by atoms with van der Waals surface area (Å²) in [5.41, 5.74) is 2.82. The van der Waals surface area contributed by atoms with Crippen LogP contribution in [0.3, 0.4) is 0 Å². The molecule has 2 aromatic carbocycles. The fraction of sp³-hybridized carbons (Fsp3) is 0.368. The minimum atomic E-state index is -3.55. The Morgan fingerprint density at radius 3 is 1.96 bits per heavy atom. The first-order chi connectivity index (χ1) is 11.5. The lowest BCUT2D eigenvalue weighted by atomic mass is 10.1. The van der Waals surface area contributed by atoms with Gasteiger partial charge in [0.1, 0.15) is 0 Å². The Morgan fingerprint density at radius 2 is 1.46 bits per heavy atom. The van der Waals surface area contributed by atoms with Gasteiger partial charge in [0.05, 0.1) is 4.90 Å². The molecule has 5 heteroatoms. The van der Waals surface area contributed by atoms with Crippen LogP contribution in [0, 0.1) is 0 Å². The maximum Gasteiger partial charge on any atom is 0.261 e. The van der Waals surface area contributed by atoms with Crippen molar-refractivity contribution < 1.29 is 8.42 Å². The lowest BCUT2D eigenvalue weighted by Crippen LogP contribution is -2.21. The van der Waals surface area contributed by atoms with Crippen molar-refractivity contribution in [1.29, 1.82) is 0 Å². The predicted molar refractivity (Wildman–Crippen MR) is 101 cm³/mol. The number of rotatable bonds is 8. The van der Waals surface area contributed by atoms with E-state index in [1.807, 2.05) is 24.3 Å². The largest absolute Gasteiger partial charge is 0.372 e. The van der Waals surface area contributed by atoms with E-state index in [0.717, 1.165) is 37.2 Å².